The fraction of sp³-hybridized carbons (Fsp3) is 0.263. The average Bonchev–Trinajstić information content (AvgIpc) is 2.63. The van der Waals surface area contributed by atoms with Crippen molar-refractivity contribution in [1.82, 2.24) is 9.55 Å². The summed E-state index contributed by atoms with van der Waals surface area (Å²) in [6.45, 7) is 0.325. The first-order chi connectivity index (χ1) is 12.7. The number of halogens is 3. The lowest BCUT2D eigenvalue weighted by Gasteiger charge is -2.18. The van der Waals surface area contributed by atoms with Gasteiger partial charge in [-0.05, 0) is 29.2 Å². The average molecular weight is 376 g/mol. The van der Waals surface area contributed by atoms with Crippen molar-refractivity contribution in [1.29, 1.82) is 0 Å². The number of hydrogen-bond acceptors (Lipinski definition) is 4. The van der Waals surface area contributed by atoms with E-state index in [1.807, 2.05) is 0 Å². The first-order valence-electron chi connectivity index (χ1n) is 8.33. The van der Waals surface area contributed by atoms with Gasteiger partial charge in [0.15, 0.2) is 0 Å². The minimum Gasteiger partial charge on any atom is -0.329 e. The van der Waals surface area contributed by atoms with Gasteiger partial charge in [-0.1, -0.05) is 30.3 Å². The van der Waals surface area contributed by atoms with Crippen molar-refractivity contribution in [3.63, 3.8) is 0 Å². The zero-order valence-corrected chi connectivity index (χ0v) is 14.6. The third kappa shape index (κ3) is 3.72. The number of aromatic nitrogens is 2. The van der Waals surface area contributed by atoms with E-state index < -0.39 is 17.3 Å². The molecule has 8 heteroatoms. The van der Waals surface area contributed by atoms with Crippen molar-refractivity contribution in [2.75, 3.05) is 6.54 Å². The summed E-state index contributed by atoms with van der Waals surface area (Å²) < 4.78 is 42.7. The second kappa shape index (κ2) is 7.13. The van der Waals surface area contributed by atoms with E-state index in [-0.39, 0.29) is 22.6 Å². The molecule has 1 atom stereocenters. The second-order valence-electron chi connectivity index (χ2n) is 6.41. The van der Waals surface area contributed by atoms with Crippen LogP contribution in [0.4, 0.5) is 13.2 Å². The lowest BCUT2D eigenvalue weighted by Crippen LogP contribution is -2.31. The Kier molecular flexibility index (Phi) is 5.03. The van der Waals surface area contributed by atoms with E-state index in [0.29, 0.717) is 18.5 Å². The van der Waals surface area contributed by atoms with E-state index >= 15 is 0 Å². The molecule has 4 N–H and O–H groups in total. The lowest BCUT2D eigenvalue weighted by atomic mass is 9.95. The van der Waals surface area contributed by atoms with E-state index in [1.54, 1.807) is 24.3 Å². The van der Waals surface area contributed by atoms with E-state index in [0.717, 1.165) is 16.3 Å². The third-order valence-corrected chi connectivity index (χ3v) is 4.49. The largest absolute Gasteiger partial charge is 0.419 e. The predicted molar refractivity (Wildman–Crippen MR) is 98.2 cm³/mol. The Morgan fingerprint density at radius 2 is 1.81 bits per heavy atom. The Morgan fingerprint density at radius 1 is 1.15 bits per heavy atom. The minimum atomic E-state index is -4.65. The van der Waals surface area contributed by atoms with Gasteiger partial charge in [0.05, 0.1) is 22.8 Å². The highest BCUT2D eigenvalue weighted by molar-refractivity contribution is 5.87. The molecule has 3 aromatic rings. The van der Waals surface area contributed by atoms with Crippen molar-refractivity contribution >= 4 is 11.0 Å². The Hall–Kier alpha value is -2.71. The van der Waals surface area contributed by atoms with E-state index in [4.69, 9.17) is 11.5 Å². The van der Waals surface area contributed by atoms with Crippen molar-refractivity contribution < 1.29 is 13.2 Å². The molecule has 2 aromatic carbocycles. The summed E-state index contributed by atoms with van der Waals surface area (Å²) in [5, 5.41) is 0. The summed E-state index contributed by atoms with van der Waals surface area (Å²) in [6, 6.07) is 9.35. The molecule has 1 aromatic heterocycles. The maximum atomic E-state index is 13.9. The Bertz CT molecular complexity index is 1030. The van der Waals surface area contributed by atoms with Crippen LogP contribution < -0.4 is 17.0 Å². The summed E-state index contributed by atoms with van der Waals surface area (Å²) in [4.78, 5) is 15.7. The molecule has 27 heavy (non-hydrogen) atoms. The molecule has 142 valence electrons. The van der Waals surface area contributed by atoms with Crippen LogP contribution in [0.3, 0.4) is 0 Å². The topological polar surface area (TPSA) is 86.9 Å². The number of benzene rings is 2. The zero-order chi connectivity index (χ0) is 19.8. The maximum Gasteiger partial charge on any atom is 0.419 e. The van der Waals surface area contributed by atoms with E-state index in [1.165, 1.54) is 19.2 Å². The quantitative estimate of drug-likeness (QED) is 0.732. The highest BCUT2D eigenvalue weighted by atomic mass is 19.4. The van der Waals surface area contributed by atoms with Gasteiger partial charge in [0.1, 0.15) is 0 Å². The van der Waals surface area contributed by atoms with Crippen LogP contribution in [0.25, 0.3) is 22.2 Å². The predicted octanol–water partition coefficient (Wildman–Crippen LogP) is 2.45. The first kappa shape index (κ1) is 19.1. The number of nitrogens with zero attached hydrogens (tertiary/aromatic N) is 2. The van der Waals surface area contributed by atoms with Crippen LogP contribution in [0.5, 0.6) is 0 Å². The Balaban J connectivity index is 2.20. The summed E-state index contributed by atoms with van der Waals surface area (Å²) in [5.41, 5.74) is 11.0. The van der Waals surface area contributed by atoms with Gasteiger partial charge in [0.25, 0.3) is 5.56 Å². The molecule has 0 amide bonds. The van der Waals surface area contributed by atoms with E-state index in [2.05, 4.69) is 4.98 Å². The fourth-order valence-electron chi connectivity index (χ4n) is 3.08. The number of hydrogen-bond donors (Lipinski definition) is 2. The van der Waals surface area contributed by atoms with Crippen LogP contribution in [-0.2, 0) is 19.6 Å². The molecule has 0 spiro atoms. The summed E-state index contributed by atoms with van der Waals surface area (Å²) in [7, 11) is 1.31. The molecule has 0 radical (unpaired) electrons. The maximum absolute atomic E-state index is 13.9. The standard InChI is InChI=1S/C19H19F3N4O/c1-26-16(27)10-25-15-7-6-14(17(18(15)26)19(20,21)22)12-4-2-11(3-5-12)8-13(24)9-23/h2-7,10,13H,8-9,23-24H2,1H3/t13-/m0/s1. The summed E-state index contributed by atoms with van der Waals surface area (Å²) in [5.74, 6) is 0. The Morgan fingerprint density at radius 3 is 2.41 bits per heavy atom. The molecule has 0 saturated carbocycles. The van der Waals surface area contributed by atoms with Crippen LogP contribution in [0.15, 0.2) is 47.4 Å². The first-order valence-corrected chi connectivity index (χ1v) is 8.33. The molecule has 0 aliphatic carbocycles. The number of nitrogens with two attached hydrogens (primary N) is 2. The number of aryl methyl sites for hydroxylation is 1. The smallest absolute Gasteiger partial charge is 0.329 e. The number of rotatable bonds is 4. The van der Waals surface area contributed by atoms with Gasteiger partial charge in [-0.2, -0.15) is 13.2 Å². The van der Waals surface area contributed by atoms with Crippen LogP contribution >= 0.6 is 0 Å². The van der Waals surface area contributed by atoms with Crippen molar-refractivity contribution in [3.05, 3.63) is 64.1 Å². The van der Waals surface area contributed by atoms with Crippen molar-refractivity contribution in [2.45, 2.75) is 18.6 Å². The molecule has 1 heterocycles. The lowest BCUT2D eigenvalue weighted by molar-refractivity contribution is -0.136. The number of alkyl halides is 3. The highest BCUT2D eigenvalue weighted by Crippen LogP contribution is 2.40. The van der Waals surface area contributed by atoms with Gasteiger partial charge in [0.2, 0.25) is 0 Å². The molecule has 3 rings (SSSR count). The summed E-state index contributed by atoms with van der Waals surface area (Å²) in [6.07, 6.45) is -3.10. The zero-order valence-electron chi connectivity index (χ0n) is 14.6. The van der Waals surface area contributed by atoms with Gasteiger partial charge in [0, 0.05) is 19.6 Å². The monoisotopic (exact) mass is 376 g/mol. The molecule has 0 fully saturated rings. The normalized spacial score (nSPS) is 13.1. The molecule has 5 nitrogen and oxygen atoms in total. The molecule has 0 aliphatic heterocycles. The van der Waals surface area contributed by atoms with Crippen LogP contribution in [0.1, 0.15) is 11.1 Å². The Labute approximate surface area is 153 Å². The van der Waals surface area contributed by atoms with Gasteiger partial charge in [-0.25, -0.2) is 4.98 Å². The number of fused-ring (bicyclic) bond motifs is 1. The molecule has 0 aliphatic rings. The van der Waals surface area contributed by atoms with E-state index in [9.17, 15) is 18.0 Å². The van der Waals surface area contributed by atoms with Gasteiger partial charge in [-0.3, -0.25) is 4.79 Å². The minimum absolute atomic E-state index is 0.00678. The van der Waals surface area contributed by atoms with Gasteiger partial charge < -0.3 is 16.0 Å². The van der Waals surface area contributed by atoms with Crippen LogP contribution in [-0.4, -0.2) is 22.1 Å². The molecule has 0 saturated heterocycles. The fourth-order valence-corrected chi connectivity index (χ4v) is 3.08. The third-order valence-electron chi connectivity index (χ3n) is 4.49. The summed E-state index contributed by atoms with van der Waals surface area (Å²) >= 11 is 0. The second-order valence-corrected chi connectivity index (χ2v) is 6.41. The molecular formula is C19H19F3N4O. The van der Waals surface area contributed by atoms with Gasteiger partial charge >= 0.3 is 6.18 Å². The highest BCUT2D eigenvalue weighted by Gasteiger charge is 2.37. The molecule has 0 unspecified atom stereocenters. The van der Waals surface area contributed by atoms with Crippen LogP contribution in [0.2, 0.25) is 0 Å². The molecule has 0 bridgehead atoms. The SMILES string of the molecule is Cn1c(=O)cnc2ccc(-c3ccc(C[C@H](N)CN)cc3)c(C(F)(F)F)c21. The van der Waals surface area contributed by atoms with Gasteiger partial charge in [-0.15, -0.1) is 0 Å². The van der Waals surface area contributed by atoms with Crippen LogP contribution in [0, 0.1) is 0 Å². The van der Waals surface area contributed by atoms with Crippen molar-refractivity contribution in [3.8, 4) is 11.1 Å². The molecular weight excluding hydrogens is 357 g/mol. The van der Waals surface area contributed by atoms with Crippen molar-refractivity contribution in [2.24, 2.45) is 18.5 Å².